The average molecular weight is 322 g/mol. The molecule has 0 radical (unpaired) electrons. The predicted molar refractivity (Wildman–Crippen MR) is 80.9 cm³/mol. The van der Waals surface area contributed by atoms with Crippen molar-refractivity contribution in [2.75, 3.05) is 0 Å². The van der Waals surface area contributed by atoms with Crippen molar-refractivity contribution >= 4 is 5.91 Å². The van der Waals surface area contributed by atoms with Crippen molar-refractivity contribution in [2.45, 2.75) is 25.4 Å². The van der Waals surface area contributed by atoms with Gasteiger partial charge in [0.2, 0.25) is 5.91 Å². The lowest BCUT2D eigenvalue weighted by atomic mass is 10.0. The van der Waals surface area contributed by atoms with E-state index < -0.39 is 23.5 Å². The van der Waals surface area contributed by atoms with Crippen LogP contribution < -0.4 is 11.1 Å². The predicted octanol–water partition coefficient (Wildman–Crippen LogP) is 2.68. The van der Waals surface area contributed by atoms with Crippen LogP contribution >= 0.6 is 0 Å². The first-order chi connectivity index (χ1) is 11.0. The maximum atomic E-state index is 13.5. The van der Waals surface area contributed by atoms with Gasteiger partial charge in [-0.25, -0.2) is 13.2 Å². The van der Waals surface area contributed by atoms with Crippen LogP contribution in [0.3, 0.4) is 0 Å². The lowest BCUT2D eigenvalue weighted by molar-refractivity contribution is -0.121. The Morgan fingerprint density at radius 2 is 1.70 bits per heavy atom. The van der Waals surface area contributed by atoms with Crippen molar-refractivity contribution < 1.29 is 18.0 Å². The number of benzene rings is 2. The van der Waals surface area contributed by atoms with Crippen molar-refractivity contribution in [1.29, 1.82) is 0 Å². The van der Waals surface area contributed by atoms with E-state index in [9.17, 15) is 18.0 Å². The molecule has 3 nitrogen and oxygen atoms in total. The third-order valence-corrected chi connectivity index (χ3v) is 3.35. The van der Waals surface area contributed by atoms with Crippen molar-refractivity contribution in [3.05, 3.63) is 71.0 Å². The summed E-state index contributed by atoms with van der Waals surface area (Å²) in [6, 6.07) is 9.90. The number of nitrogens with one attached hydrogen (secondary N) is 1. The largest absolute Gasteiger partial charge is 0.352 e. The quantitative estimate of drug-likeness (QED) is 0.804. The minimum atomic E-state index is -1.25. The van der Waals surface area contributed by atoms with E-state index in [2.05, 4.69) is 5.32 Å². The first-order valence-electron chi connectivity index (χ1n) is 7.15. The number of carbonyl (C=O) groups excluding carboxylic acids is 1. The third kappa shape index (κ3) is 5.10. The van der Waals surface area contributed by atoms with Crippen LogP contribution in [0.15, 0.2) is 42.5 Å². The first kappa shape index (κ1) is 17.0. The minimum Gasteiger partial charge on any atom is -0.352 e. The Labute approximate surface area is 132 Å². The highest BCUT2D eigenvalue weighted by Gasteiger charge is 2.15. The first-order valence-corrected chi connectivity index (χ1v) is 7.15. The molecule has 122 valence electrons. The van der Waals surface area contributed by atoms with Gasteiger partial charge in [-0.05, 0) is 23.6 Å². The Hall–Kier alpha value is -2.34. The molecule has 0 saturated heterocycles. The van der Waals surface area contributed by atoms with Crippen LogP contribution in [0.4, 0.5) is 13.2 Å². The van der Waals surface area contributed by atoms with Crippen LogP contribution in [0.5, 0.6) is 0 Å². The van der Waals surface area contributed by atoms with Gasteiger partial charge in [-0.2, -0.15) is 0 Å². The standard InChI is InChI=1S/C17H17F3N2O/c18-14-9-16(20)15(19)7-12(14)6-13(21)8-17(23)22-10-11-4-2-1-3-5-11/h1-5,7,9,13H,6,8,10,21H2,(H,22,23). The minimum absolute atomic E-state index is 0.0364. The van der Waals surface area contributed by atoms with E-state index in [0.717, 1.165) is 11.6 Å². The molecule has 1 atom stereocenters. The lowest BCUT2D eigenvalue weighted by Gasteiger charge is -2.13. The zero-order valence-corrected chi connectivity index (χ0v) is 12.4. The summed E-state index contributed by atoms with van der Waals surface area (Å²) in [5.41, 5.74) is 6.69. The molecule has 0 heterocycles. The van der Waals surface area contributed by atoms with Crippen molar-refractivity contribution in [2.24, 2.45) is 5.73 Å². The van der Waals surface area contributed by atoms with Gasteiger partial charge in [0, 0.05) is 25.1 Å². The summed E-state index contributed by atoms with van der Waals surface area (Å²) >= 11 is 0. The molecular formula is C17H17F3N2O. The zero-order chi connectivity index (χ0) is 16.8. The Morgan fingerprint density at radius 3 is 2.39 bits per heavy atom. The van der Waals surface area contributed by atoms with Gasteiger partial charge >= 0.3 is 0 Å². The second kappa shape index (κ2) is 7.78. The van der Waals surface area contributed by atoms with E-state index >= 15 is 0 Å². The van der Waals surface area contributed by atoms with E-state index in [-0.39, 0.29) is 24.3 Å². The van der Waals surface area contributed by atoms with Gasteiger partial charge in [0.15, 0.2) is 11.6 Å². The molecule has 0 bridgehead atoms. The molecule has 1 amide bonds. The third-order valence-electron chi connectivity index (χ3n) is 3.35. The Morgan fingerprint density at radius 1 is 1.04 bits per heavy atom. The molecule has 0 aliphatic carbocycles. The van der Waals surface area contributed by atoms with Gasteiger partial charge in [-0.15, -0.1) is 0 Å². The molecule has 1 unspecified atom stereocenters. The molecule has 23 heavy (non-hydrogen) atoms. The molecule has 0 spiro atoms. The van der Waals surface area contributed by atoms with Gasteiger partial charge in [0.25, 0.3) is 0 Å². The average Bonchev–Trinajstić information content (AvgIpc) is 2.51. The Bertz CT molecular complexity index is 677. The number of hydrogen-bond acceptors (Lipinski definition) is 2. The van der Waals surface area contributed by atoms with E-state index in [0.29, 0.717) is 12.6 Å². The van der Waals surface area contributed by atoms with Gasteiger partial charge in [-0.3, -0.25) is 4.79 Å². The smallest absolute Gasteiger partial charge is 0.221 e. The summed E-state index contributed by atoms with van der Waals surface area (Å²) < 4.78 is 39.5. The summed E-state index contributed by atoms with van der Waals surface area (Å²) in [4.78, 5) is 11.8. The number of hydrogen-bond donors (Lipinski definition) is 2. The highest BCUT2D eigenvalue weighted by molar-refractivity contribution is 5.76. The molecule has 2 aromatic carbocycles. The van der Waals surface area contributed by atoms with Crippen molar-refractivity contribution in [3.8, 4) is 0 Å². The van der Waals surface area contributed by atoms with E-state index in [4.69, 9.17) is 5.73 Å². The summed E-state index contributed by atoms with van der Waals surface area (Å²) in [5.74, 6) is -3.55. The fraction of sp³-hybridized carbons (Fsp3) is 0.235. The molecule has 0 aromatic heterocycles. The maximum absolute atomic E-state index is 13.5. The second-order valence-corrected chi connectivity index (χ2v) is 5.29. The topological polar surface area (TPSA) is 55.1 Å². The van der Waals surface area contributed by atoms with Crippen LogP contribution in [-0.2, 0) is 17.8 Å². The normalized spacial score (nSPS) is 12.0. The van der Waals surface area contributed by atoms with Crippen LogP contribution in [0.2, 0.25) is 0 Å². The van der Waals surface area contributed by atoms with Gasteiger partial charge < -0.3 is 11.1 Å². The Balaban J connectivity index is 1.85. The monoisotopic (exact) mass is 322 g/mol. The lowest BCUT2D eigenvalue weighted by Crippen LogP contribution is -2.33. The van der Waals surface area contributed by atoms with Crippen LogP contribution in [0.25, 0.3) is 0 Å². The van der Waals surface area contributed by atoms with Gasteiger partial charge in [-0.1, -0.05) is 30.3 Å². The second-order valence-electron chi connectivity index (χ2n) is 5.29. The molecule has 0 saturated carbocycles. The van der Waals surface area contributed by atoms with E-state index in [1.165, 1.54) is 0 Å². The maximum Gasteiger partial charge on any atom is 0.221 e. The van der Waals surface area contributed by atoms with E-state index in [1.807, 2.05) is 30.3 Å². The molecule has 3 N–H and O–H groups in total. The van der Waals surface area contributed by atoms with Crippen LogP contribution in [-0.4, -0.2) is 11.9 Å². The molecule has 0 fully saturated rings. The SMILES string of the molecule is NC(CC(=O)NCc1ccccc1)Cc1cc(F)c(F)cc1F. The van der Waals surface area contributed by atoms with Crippen molar-refractivity contribution in [1.82, 2.24) is 5.32 Å². The zero-order valence-electron chi connectivity index (χ0n) is 12.4. The summed E-state index contributed by atoms with van der Waals surface area (Å²) in [5, 5.41) is 2.70. The fourth-order valence-corrected chi connectivity index (χ4v) is 2.18. The number of carbonyl (C=O) groups is 1. The molecule has 2 rings (SSSR count). The molecule has 6 heteroatoms. The Kier molecular flexibility index (Phi) is 5.76. The number of nitrogens with two attached hydrogens (primary N) is 1. The molecule has 2 aromatic rings. The number of halogens is 3. The van der Waals surface area contributed by atoms with Crippen molar-refractivity contribution in [3.63, 3.8) is 0 Å². The number of amides is 1. The summed E-state index contributed by atoms with van der Waals surface area (Å²) in [6.07, 6.45) is -0.0902. The highest BCUT2D eigenvalue weighted by atomic mass is 19.2. The molecule has 0 aliphatic rings. The molecular weight excluding hydrogens is 305 g/mol. The van der Waals surface area contributed by atoms with Crippen LogP contribution in [0.1, 0.15) is 17.5 Å². The van der Waals surface area contributed by atoms with Gasteiger partial charge in [0.05, 0.1) is 0 Å². The highest BCUT2D eigenvalue weighted by Crippen LogP contribution is 2.15. The fourth-order valence-electron chi connectivity index (χ4n) is 2.18. The summed E-state index contributed by atoms with van der Waals surface area (Å²) in [7, 11) is 0. The number of rotatable bonds is 6. The van der Waals surface area contributed by atoms with Gasteiger partial charge in [0.1, 0.15) is 5.82 Å². The van der Waals surface area contributed by atoms with Crippen LogP contribution in [0, 0.1) is 17.5 Å². The molecule has 0 aliphatic heterocycles. The van der Waals surface area contributed by atoms with E-state index in [1.54, 1.807) is 0 Å². The summed E-state index contributed by atoms with van der Waals surface area (Å²) in [6.45, 7) is 0.367.